The van der Waals surface area contributed by atoms with Gasteiger partial charge in [-0.1, -0.05) is 29.8 Å². The van der Waals surface area contributed by atoms with Crippen molar-refractivity contribution in [3.05, 3.63) is 70.0 Å². The fourth-order valence-corrected chi connectivity index (χ4v) is 2.76. The highest BCUT2D eigenvalue weighted by atomic mass is 35.5. The van der Waals surface area contributed by atoms with Gasteiger partial charge in [0.2, 0.25) is 5.78 Å². The normalized spacial score (nSPS) is 11.5. The number of hydrogen-bond acceptors (Lipinski definition) is 7. The number of carbonyl (C=O) groups excluding carboxylic acids is 3. The highest BCUT2D eigenvalue weighted by Crippen LogP contribution is 2.20. The zero-order valence-corrected chi connectivity index (χ0v) is 18.9. The Morgan fingerprint density at radius 1 is 1.19 bits per heavy atom. The molecule has 0 bridgehead atoms. The summed E-state index contributed by atoms with van der Waals surface area (Å²) in [5, 5.41) is 10.4. The molecule has 2 rings (SSSR count). The van der Waals surface area contributed by atoms with Gasteiger partial charge in [0.15, 0.2) is 0 Å². The second-order valence-electron chi connectivity index (χ2n) is 7.58. The van der Waals surface area contributed by atoms with Crippen LogP contribution in [0, 0.1) is 5.41 Å². The Bertz CT molecular complexity index is 1070. The third-order valence-corrected chi connectivity index (χ3v) is 4.16. The van der Waals surface area contributed by atoms with Crippen LogP contribution in [0.3, 0.4) is 0 Å². The summed E-state index contributed by atoms with van der Waals surface area (Å²) >= 11 is 6.02. The van der Waals surface area contributed by atoms with E-state index in [1.54, 1.807) is 45.9 Å². The summed E-state index contributed by atoms with van der Waals surface area (Å²) in [6, 6.07) is 9.39. The number of rotatable bonds is 6. The van der Waals surface area contributed by atoms with Crippen LogP contribution in [0.25, 0.3) is 6.08 Å². The molecule has 0 saturated carbocycles. The van der Waals surface area contributed by atoms with Crippen LogP contribution in [0.1, 0.15) is 49.2 Å². The Balaban J connectivity index is 2.36. The lowest BCUT2D eigenvalue weighted by Gasteiger charge is -2.19. The van der Waals surface area contributed by atoms with Gasteiger partial charge in [0.25, 0.3) is 0 Å². The number of aromatic nitrogens is 1. The van der Waals surface area contributed by atoms with Gasteiger partial charge < -0.3 is 9.47 Å². The Morgan fingerprint density at radius 3 is 2.53 bits per heavy atom. The summed E-state index contributed by atoms with van der Waals surface area (Å²) < 4.78 is 10.2. The standard InChI is InChI=1S/C23H24ClN3O5/c1-5-31-21(29)17(18(28)16-10-7-11-26-19(16)24)13-14-8-6-9-15(12-14)20(25)27-22(30)32-23(2,3)4/h6-13H,5H2,1-4H3,(H2,25,27,30)/b17-13-. The number of amidine groups is 1. The summed E-state index contributed by atoms with van der Waals surface area (Å²) in [5.41, 5.74) is -0.110. The molecular weight excluding hydrogens is 434 g/mol. The summed E-state index contributed by atoms with van der Waals surface area (Å²) in [4.78, 5) is 41.3. The van der Waals surface area contributed by atoms with Crippen LogP contribution in [0.4, 0.5) is 4.79 Å². The molecule has 0 aliphatic rings. The van der Waals surface area contributed by atoms with Gasteiger partial charge in [0, 0.05) is 11.8 Å². The van der Waals surface area contributed by atoms with Gasteiger partial charge in [-0.15, -0.1) is 0 Å². The average Bonchev–Trinajstić information content (AvgIpc) is 2.70. The van der Waals surface area contributed by atoms with Crippen molar-refractivity contribution in [2.24, 2.45) is 0 Å². The van der Waals surface area contributed by atoms with Crippen molar-refractivity contribution >= 4 is 41.4 Å². The van der Waals surface area contributed by atoms with Gasteiger partial charge in [-0.2, -0.15) is 0 Å². The molecule has 0 fully saturated rings. The molecule has 1 aromatic carbocycles. The Labute approximate surface area is 191 Å². The molecule has 0 aliphatic heterocycles. The minimum absolute atomic E-state index is 0.0372. The van der Waals surface area contributed by atoms with E-state index in [9.17, 15) is 14.4 Å². The van der Waals surface area contributed by atoms with Gasteiger partial charge >= 0.3 is 12.1 Å². The zero-order chi connectivity index (χ0) is 23.9. The van der Waals surface area contributed by atoms with Crippen LogP contribution in [-0.4, -0.2) is 40.9 Å². The van der Waals surface area contributed by atoms with Crippen LogP contribution in [0.15, 0.2) is 48.2 Å². The lowest BCUT2D eigenvalue weighted by Crippen LogP contribution is -2.36. The highest BCUT2D eigenvalue weighted by molar-refractivity contribution is 6.36. The number of halogens is 1. The molecule has 0 radical (unpaired) electrons. The van der Waals surface area contributed by atoms with Crippen molar-refractivity contribution in [1.82, 2.24) is 10.3 Å². The van der Waals surface area contributed by atoms with Crippen LogP contribution >= 0.6 is 11.6 Å². The smallest absolute Gasteiger partial charge is 0.413 e. The predicted octanol–water partition coefficient (Wildman–Crippen LogP) is 4.41. The van der Waals surface area contributed by atoms with E-state index in [-0.39, 0.29) is 28.7 Å². The number of nitrogens with zero attached hydrogens (tertiary/aromatic N) is 1. The maximum absolute atomic E-state index is 13.0. The van der Waals surface area contributed by atoms with Crippen LogP contribution in [0.2, 0.25) is 5.15 Å². The van der Waals surface area contributed by atoms with Crippen molar-refractivity contribution in [3.63, 3.8) is 0 Å². The number of alkyl carbamates (subject to hydrolysis) is 1. The first kappa shape index (κ1) is 24.7. The zero-order valence-electron chi connectivity index (χ0n) is 18.2. The number of hydrogen-bond donors (Lipinski definition) is 2. The first-order valence-corrected chi connectivity index (χ1v) is 10.1. The largest absolute Gasteiger partial charge is 0.462 e. The van der Waals surface area contributed by atoms with Gasteiger partial charge in [0.1, 0.15) is 22.2 Å². The summed E-state index contributed by atoms with van der Waals surface area (Å²) in [6.07, 6.45) is 2.00. The summed E-state index contributed by atoms with van der Waals surface area (Å²) in [7, 11) is 0. The average molecular weight is 458 g/mol. The van der Waals surface area contributed by atoms with Crippen LogP contribution < -0.4 is 5.32 Å². The van der Waals surface area contributed by atoms with E-state index < -0.39 is 23.4 Å². The SMILES string of the molecule is CCOC(=O)/C(=C\c1cccc(C(=N)NC(=O)OC(C)(C)C)c1)C(=O)c1cccnc1Cl. The molecule has 8 nitrogen and oxygen atoms in total. The first-order chi connectivity index (χ1) is 15.0. The van der Waals surface area contributed by atoms with E-state index in [2.05, 4.69) is 10.3 Å². The van der Waals surface area contributed by atoms with Gasteiger partial charge in [-0.25, -0.2) is 14.6 Å². The molecule has 0 atom stereocenters. The topological polar surface area (TPSA) is 118 Å². The number of pyridine rings is 1. The number of Topliss-reactive ketones (excluding diaryl/α,β-unsaturated/α-hetero) is 1. The van der Waals surface area contributed by atoms with E-state index in [1.165, 1.54) is 30.5 Å². The molecule has 9 heteroatoms. The van der Waals surface area contributed by atoms with Crippen molar-refractivity contribution in [2.75, 3.05) is 6.61 Å². The van der Waals surface area contributed by atoms with Crippen molar-refractivity contribution in [2.45, 2.75) is 33.3 Å². The number of ether oxygens (including phenoxy) is 2. The monoisotopic (exact) mass is 457 g/mol. The van der Waals surface area contributed by atoms with Gasteiger partial charge in [-0.3, -0.25) is 15.5 Å². The number of nitrogens with one attached hydrogen (secondary N) is 2. The van der Waals surface area contributed by atoms with Gasteiger partial charge in [-0.05, 0) is 57.5 Å². The summed E-state index contributed by atoms with van der Waals surface area (Å²) in [6.45, 7) is 6.84. The second-order valence-corrected chi connectivity index (χ2v) is 7.93. The fraction of sp³-hybridized carbons (Fsp3) is 0.261. The molecule has 1 amide bonds. The van der Waals surface area contributed by atoms with Crippen molar-refractivity contribution in [3.8, 4) is 0 Å². The van der Waals surface area contributed by atoms with E-state index in [0.717, 1.165) is 0 Å². The number of benzene rings is 1. The third kappa shape index (κ3) is 7.02. The highest BCUT2D eigenvalue weighted by Gasteiger charge is 2.24. The Morgan fingerprint density at radius 2 is 1.91 bits per heavy atom. The Kier molecular flexibility index (Phi) is 8.26. The molecule has 1 aromatic heterocycles. The van der Waals surface area contributed by atoms with Crippen molar-refractivity contribution in [1.29, 1.82) is 5.41 Å². The Hall–Kier alpha value is -3.52. The molecule has 0 aliphatic carbocycles. The predicted molar refractivity (Wildman–Crippen MR) is 121 cm³/mol. The molecule has 0 spiro atoms. The number of amides is 1. The molecule has 168 valence electrons. The van der Waals surface area contributed by atoms with E-state index in [1.807, 2.05) is 0 Å². The fourth-order valence-electron chi connectivity index (χ4n) is 2.55. The lowest BCUT2D eigenvalue weighted by molar-refractivity contribution is -0.137. The molecule has 0 saturated heterocycles. The van der Waals surface area contributed by atoms with E-state index in [4.69, 9.17) is 26.5 Å². The second kappa shape index (κ2) is 10.7. The van der Waals surface area contributed by atoms with E-state index >= 15 is 0 Å². The lowest BCUT2D eigenvalue weighted by atomic mass is 10.0. The van der Waals surface area contributed by atoms with E-state index in [0.29, 0.717) is 11.1 Å². The number of carbonyl (C=O) groups is 3. The van der Waals surface area contributed by atoms with Gasteiger partial charge in [0.05, 0.1) is 12.2 Å². The van der Waals surface area contributed by atoms with Crippen LogP contribution in [-0.2, 0) is 14.3 Å². The molecule has 2 aromatic rings. The molecular formula is C23H24ClN3O5. The van der Waals surface area contributed by atoms with Crippen molar-refractivity contribution < 1.29 is 23.9 Å². The van der Waals surface area contributed by atoms with Crippen LogP contribution in [0.5, 0.6) is 0 Å². The quantitative estimate of drug-likeness (QED) is 0.0968. The first-order valence-electron chi connectivity index (χ1n) is 9.75. The maximum atomic E-state index is 13.0. The molecule has 2 N–H and O–H groups in total. The molecule has 1 heterocycles. The minimum atomic E-state index is -0.815. The molecule has 0 unspecified atom stereocenters. The molecule has 32 heavy (non-hydrogen) atoms. The minimum Gasteiger partial charge on any atom is -0.462 e. The summed E-state index contributed by atoms with van der Waals surface area (Å²) in [5.74, 6) is -1.66. The third-order valence-electron chi connectivity index (χ3n) is 3.86. The number of esters is 1. The number of ketones is 1. The maximum Gasteiger partial charge on any atom is 0.413 e.